The monoisotopic (exact) mass is 276 g/mol. The van der Waals surface area contributed by atoms with Crippen molar-refractivity contribution in [3.05, 3.63) is 23.8 Å². The molecule has 4 nitrogen and oxygen atoms in total. The van der Waals surface area contributed by atoms with E-state index in [9.17, 15) is 0 Å². The minimum atomic E-state index is 0.172. The standard InChI is InChI=1S/C16H24N2O2/c1-12(18-7-6-17-11-16(18,2)3)13-4-5-14-15(10-13)20-9-8-19-14/h4-5,10,12,17H,6-9,11H2,1-3H3. The Labute approximate surface area is 121 Å². The van der Waals surface area contributed by atoms with E-state index in [0.717, 1.165) is 31.1 Å². The van der Waals surface area contributed by atoms with Gasteiger partial charge in [0.05, 0.1) is 0 Å². The molecule has 1 fully saturated rings. The van der Waals surface area contributed by atoms with E-state index in [0.29, 0.717) is 19.3 Å². The van der Waals surface area contributed by atoms with Gasteiger partial charge in [-0.25, -0.2) is 0 Å². The van der Waals surface area contributed by atoms with Gasteiger partial charge >= 0.3 is 0 Å². The minimum absolute atomic E-state index is 0.172. The van der Waals surface area contributed by atoms with Gasteiger partial charge in [-0.1, -0.05) is 6.07 Å². The highest BCUT2D eigenvalue weighted by Gasteiger charge is 2.33. The van der Waals surface area contributed by atoms with Crippen LogP contribution in [0.3, 0.4) is 0 Å². The number of piperazine rings is 1. The van der Waals surface area contributed by atoms with Gasteiger partial charge in [-0.2, -0.15) is 0 Å². The van der Waals surface area contributed by atoms with Crippen molar-refractivity contribution in [3.63, 3.8) is 0 Å². The minimum Gasteiger partial charge on any atom is -0.486 e. The second kappa shape index (κ2) is 5.26. The van der Waals surface area contributed by atoms with Crippen molar-refractivity contribution in [2.45, 2.75) is 32.4 Å². The summed E-state index contributed by atoms with van der Waals surface area (Å²) in [5.74, 6) is 1.75. The molecular formula is C16H24N2O2. The molecule has 2 aliphatic heterocycles. The van der Waals surface area contributed by atoms with Crippen LogP contribution in [0.25, 0.3) is 0 Å². The summed E-state index contributed by atoms with van der Waals surface area (Å²) in [7, 11) is 0. The maximum absolute atomic E-state index is 5.70. The second-order valence-electron chi connectivity index (χ2n) is 6.26. The van der Waals surface area contributed by atoms with E-state index >= 15 is 0 Å². The first-order chi connectivity index (χ1) is 9.58. The SMILES string of the molecule is CC(c1ccc2c(c1)OCCO2)N1CCNCC1(C)C. The van der Waals surface area contributed by atoms with Gasteiger partial charge in [0.1, 0.15) is 13.2 Å². The summed E-state index contributed by atoms with van der Waals surface area (Å²) in [5, 5.41) is 3.47. The third-order valence-electron chi connectivity index (χ3n) is 4.38. The maximum atomic E-state index is 5.70. The van der Waals surface area contributed by atoms with E-state index in [2.05, 4.69) is 43.1 Å². The van der Waals surface area contributed by atoms with E-state index in [1.165, 1.54) is 5.56 Å². The Morgan fingerprint density at radius 2 is 1.95 bits per heavy atom. The highest BCUT2D eigenvalue weighted by molar-refractivity contribution is 5.44. The highest BCUT2D eigenvalue weighted by Crippen LogP contribution is 2.36. The molecule has 1 N–H and O–H groups in total. The third-order valence-corrected chi connectivity index (χ3v) is 4.38. The van der Waals surface area contributed by atoms with Crippen LogP contribution in [0, 0.1) is 0 Å². The number of fused-ring (bicyclic) bond motifs is 1. The molecule has 1 aromatic carbocycles. The summed E-state index contributed by atoms with van der Waals surface area (Å²) in [6, 6.07) is 6.71. The van der Waals surface area contributed by atoms with Crippen molar-refractivity contribution in [3.8, 4) is 11.5 Å². The van der Waals surface area contributed by atoms with Crippen molar-refractivity contribution >= 4 is 0 Å². The van der Waals surface area contributed by atoms with E-state index in [1.807, 2.05) is 6.07 Å². The molecule has 0 spiro atoms. The molecule has 1 saturated heterocycles. The third kappa shape index (κ3) is 2.50. The molecule has 20 heavy (non-hydrogen) atoms. The van der Waals surface area contributed by atoms with Gasteiger partial charge in [0, 0.05) is 31.2 Å². The molecule has 1 aromatic rings. The number of benzene rings is 1. The van der Waals surface area contributed by atoms with Crippen LogP contribution in [0.2, 0.25) is 0 Å². The number of hydrogen-bond donors (Lipinski definition) is 1. The first-order valence-electron chi connectivity index (χ1n) is 7.45. The zero-order valence-corrected chi connectivity index (χ0v) is 12.6. The fourth-order valence-corrected chi connectivity index (χ4v) is 3.22. The number of ether oxygens (including phenoxy) is 2. The number of hydrogen-bond acceptors (Lipinski definition) is 4. The number of nitrogens with zero attached hydrogens (tertiary/aromatic N) is 1. The Hall–Kier alpha value is -1.26. The lowest BCUT2D eigenvalue weighted by Gasteiger charge is -2.46. The van der Waals surface area contributed by atoms with Crippen molar-refractivity contribution < 1.29 is 9.47 Å². The van der Waals surface area contributed by atoms with E-state index < -0.39 is 0 Å². The van der Waals surface area contributed by atoms with E-state index in [-0.39, 0.29) is 5.54 Å². The molecule has 0 aromatic heterocycles. The van der Waals surface area contributed by atoms with Crippen LogP contribution in [-0.4, -0.2) is 43.3 Å². The first-order valence-corrected chi connectivity index (χ1v) is 7.45. The summed E-state index contributed by atoms with van der Waals surface area (Å²) >= 11 is 0. The average molecular weight is 276 g/mol. The Morgan fingerprint density at radius 1 is 1.20 bits per heavy atom. The van der Waals surface area contributed by atoms with Crippen LogP contribution in [0.15, 0.2) is 18.2 Å². The van der Waals surface area contributed by atoms with Gasteiger partial charge in [-0.15, -0.1) is 0 Å². The Morgan fingerprint density at radius 3 is 2.70 bits per heavy atom. The zero-order valence-electron chi connectivity index (χ0n) is 12.6. The lowest BCUT2D eigenvalue weighted by Crippen LogP contribution is -2.58. The molecule has 3 rings (SSSR count). The van der Waals surface area contributed by atoms with Gasteiger partial charge in [-0.3, -0.25) is 4.90 Å². The Kier molecular flexibility index (Phi) is 3.61. The molecule has 1 unspecified atom stereocenters. The molecular weight excluding hydrogens is 252 g/mol. The van der Waals surface area contributed by atoms with Crippen LogP contribution in [0.1, 0.15) is 32.4 Å². The van der Waals surface area contributed by atoms with E-state index in [1.54, 1.807) is 0 Å². The molecule has 0 bridgehead atoms. The highest BCUT2D eigenvalue weighted by atomic mass is 16.6. The first kappa shape index (κ1) is 13.7. The summed E-state index contributed by atoms with van der Waals surface area (Å²) in [4.78, 5) is 2.56. The smallest absolute Gasteiger partial charge is 0.161 e. The summed E-state index contributed by atoms with van der Waals surface area (Å²) < 4.78 is 11.3. The van der Waals surface area contributed by atoms with Crippen LogP contribution < -0.4 is 14.8 Å². The van der Waals surface area contributed by atoms with Gasteiger partial charge in [-0.05, 0) is 38.5 Å². The molecule has 110 valence electrons. The molecule has 1 atom stereocenters. The fourth-order valence-electron chi connectivity index (χ4n) is 3.22. The van der Waals surface area contributed by atoms with Gasteiger partial charge < -0.3 is 14.8 Å². The molecule has 0 aliphatic carbocycles. The quantitative estimate of drug-likeness (QED) is 0.898. The Balaban J connectivity index is 1.84. The summed E-state index contributed by atoms with van der Waals surface area (Å²) in [6.07, 6.45) is 0. The van der Waals surface area contributed by atoms with Crippen molar-refractivity contribution in [1.29, 1.82) is 0 Å². The normalized spacial score (nSPS) is 23.4. The van der Waals surface area contributed by atoms with Gasteiger partial charge in [0.2, 0.25) is 0 Å². The Bertz CT molecular complexity index is 487. The molecule has 0 radical (unpaired) electrons. The van der Waals surface area contributed by atoms with Crippen LogP contribution >= 0.6 is 0 Å². The maximum Gasteiger partial charge on any atom is 0.161 e. The van der Waals surface area contributed by atoms with Crippen LogP contribution in [-0.2, 0) is 0 Å². The molecule has 0 saturated carbocycles. The van der Waals surface area contributed by atoms with Crippen LogP contribution in [0.5, 0.6) is 11.5 Å². The number of rotatable bonds is 2. The van der Waals surface area contributed by atoms with Crippen molar-refractivity contribution in [2.75, 3.05) is 32.8 Å². The zero-order chi connectivity index (χ0) is 14.2. The fraction of sp³-hybridized carbons (Fsp3) is 0.625. The van der Waals surface area contributed by atoms with Crippen LogP contribution in [0.4, 0.5) is 0 Å². The van der Waals surface area contributed by atoms with Crippen molar-refractivity contribution in [1.82, 2.24) is 10.2 Å². The average Bonchev–Trinajstić information content (AvgIpc) is 2.45. The molecule has 4 heteroatoms. The lowest BCUT2D eigenvalue weighted by atomic mass is 9.95. The van der Waals surface area contributed by atoms with Gasteiger partial charge in [0.15, 0.2) is 11.5 Å². The van der Waals surface area contributed by atoms with E-state index in [4.69, 9.17) is 9.47 Å². The molecule has 2 aliphatic rings. The predicted molar refractivity (Wildman–Crippen MR) is 79.5 cm³/mol. The topological polar surface area (TPSA) is 33.7 Å². The predicted octanol–water partition coefficient (Wildman–Crippen LogP) is 2.20. The largest absolute Gasteiger partial charge is 0.486 e. The second-order valence-corrected chi connectivity index (χ2v) is 6.26. The number of nitrogens with one attached hydrogen (secondary N) is 1. The van der Waals surface area contributed by atoms with Crippen molar-refractivity contribution in [2.24, 2.45) is 0 Å². The summed E-state index contributed by atoms with van der Waals surface area (Å²) in [6.45, 7) is 11.3. The lowest BCUT2D eigenvalue weighted by molar-refractivity contribution is 0.0514. The summed E-state index contributed by atoms with van der Waals surface area (Å²) in [5.41, 5.74) is 1.47. The van der Waals surface area contributed by atoms with Gasteiger partial charge in [0.25, 0.3) is 0 Å². The molecule has 2 heterocycles. The molecule has 0 amide bonds.